The molecule has 0 bridgehead atoms. The molecule has 0 saturated carbocycles. The number of amides is 1. The fourth-order valence-electron chi connectivity index (χ4n) is 3.37. The van der Waals surface area contributed by atoms with Crippen molar-refractivity contribution in [3.63, 3.8) is 0 Å². The minimum absolute atomic E-state index is 0.0158. The second-order valence-corrected chi connectivity index (χ2v) is 8.53. The fraction of sp³-hybridized carbons (Fsp3) is 0.333. The maximum atomic E-state index is 12.3. The maximum Gasteiger partial charge on any atom is 0.240 e. The molecule has 2 heterocycles. The van der Waals surface area contributed by atoms with E-state index in [2.05, 4.69) is 26.6 Å². The molecule has 1 aliphatic heterocycles. The van der Waals surface area contributed by atoms with Crippen LogP contribution in [0.25, 0.3) is 10.2 Å². The lowest BCUT2D eigenvalue weighted by Gasteiger charge is -2.25. The summed E-state index contributed by atoms with van der Waals surface area (Å²) in [6.07, 6.45) is 3.63. The largest absolute Gasteiger partial charge is 0.381 e. The highest BCUT2D eigenvalue weighted by Crippen LogP contribution is 2.28. The van der Waals surface area contributed by atoms with Crippen LogP contribution in [0.4, 0.5) is 10.8 Å². The first-order chi connectivity index (χ1) is 13.7. The first-order valence-corrected chi connectivity index (χ1v) is 10.8. The Morgan fingerprint density at radius 3 is 2.68 bits per heavy atom. The first kappa shape index (κ1) is 19.2. The maximum absolute atomic E-state index is 12.3. The summed E-state index contributed by atoms with van der Waals surface area (Å²) in [5, 5.41) is 7.77. The van der Waals surface area contributed by atoms with Crippen molar-refractivity contribution in [2.75, 3.05) is 30.3 Å². The van der Waals surface area contributed by atoms with Crippen molar-refractivity contribution >= 4 is 49.9 Å². The summed E-state index contributed by atoms with van der Waals surface area (Å²) in [5.74, 6) is 0.0158. The van der Waals surface area contributed by atoms with Gasteiger partial charge in [0.25, 0.3) is 0 Å². The molecule has 146 valence electrons. The number of aromatic nitrogens is 1. The number of hydrogen-bond donors (Lipinski definition) is 2. The Morgan fingerprint density at radius 1 is 1.11 bits per heavy atom. The summed E-state index contributed by atoms with van der Waals surface area (Å²) >= 11 is 7.43. The number of carbonyl (C=O) groups excluding carboxylic acids is 1. The molecule has 4 rings (SSSR count). The van der Waals surface area contributed by atoms with Crippen LogP contribution in [0.5, 0.6) is 0 Å². The Hall–Kier alpha value is -2.15. The van der Waals surface area contributed by atoms with Gasteiger partial charge in [0.2, 0.25) is 5.91 Å². The van der Waals surface area contributed by atoms with Crippen LogP contribution < -0.4 is 10.6 Å². The van der Waals surface area contributed by atoms with Crippen LogP contribution >= 0.6 is 22.9 Å². The number of piperidine rings is 1. The van der Waals surface area contributed by atoms with Crippen LogP contribution in [0, 0.1) is 0 Å². The van der Waals surface area contributed by atoms with Crippen LogP contribution in [0.15, 0.2) is 42.5 Å². The molecular weight excluding hydrogens is 392 g/mol. The van der Waals surface area contributed by atoms with E-state index < -0.39 is 0 Å². The zero-order valence-electron chi connectivity index (χ0n) is 15.6. The van der Waals surface area contributed by atoms with Gasteiger partial charge in [0.15, 0.2) is 5.13 Å². The zero-order valence-corrected chi connectivity index (χ0v) is 17.2. The van der Waals surface area contributed by atoms with Gasteiger partial charge in [-0.05, 0) is 61.8 Å². The Kier molecular flexibility index (Phi) is 6.10. The molecule has 0 atom stereocenters. The number of anilines is 2. The Balaban J connectivity index is 1.37. The Morgan fingerprint density at radius 2 is 1.89 bits per heavy atom. The van der Waals surface area contributed by atoms with Crippen molar-refractivity contribution in [3.05, 3.63) is 53.1 Å². The van der Waals surface area contributed by atoms with Gasteiger partial charge in [-0.25, -0.2) is 4.98 Å². The smallest absolute Gasteiger partial charge is 0.240 e. The van der Waals surface area contributed by atoms with E-state index in [-0.39, 0.29) is 5.91 Å². The second-order valence-electron chi connectivity index (χ2n) is 7.07. The number of fused-ring (bicyclic) bond motifs is 1. The lowest BCUT2D eigenvalue weighted by Crippen LogP contribution is -2.36. The Bertz CT molecular complexity index is 951. The molecule has 2 aromatic carbocycles. The summed E-state index contributed by atoms with van der Waals surface area (Å²) in [4.78, 5) is 19.1. The van der Waals surface area contributed by atoms with Gasteiger partial charge in [-0.1, -0.05) is 41.5 Å². The summed E-state index contributed by atoms with van der Waals surface area (Å²) in [5.41, 5.74) is 3.09. The monoisotopic (exact) mass is 414 g/mol. The standard InChI is InChI=1S/C21H23ClN4OS/c22-16-6-4-15(5-7-16)13-23-17-8-9-18-19(12-17)28-21(24-18)25-20(27)14-26-10-2-1-3-11-26/h4-9,12,23H,1-3,10-11,13-14H2,(H,24,25,27). The molecule has 28 heavy (non-hydrogen) atoms. The zero-order chi connectivity index (χ0) is 19.3. The van der Waals surface area contributed by atoms with Gasteiger partial charge in [0.1, 0.15) is 0 Å². The third-order valence-electron chi connectivity index (χ3n) is 4.86. The van der Waals surface area contributed by atoms with E-state index in [1.807, 2.05) is 36.4 Å². The average molecular weight is 415 g/mol. The van der Waals surface area contributed by atoms with E-state index in [0.29, 0.717) is 11.7 Å². The number of nitrogens with one attached hydrogen (secondary N) is 2. The van der Waals surface area contributed by atoms with E-state index in [4.69, 9.17) is 11.6 Å². The summed E-state index contributed by atoms with van der Waals surface area (Å²) in [6, 6.07) is 13.9. The number of carbonyl (C=O) groups is 1. The van der Waals surface area contributed by atoms with E-state index in [1.54, 1.807) is 0 Å². The van der Waals surface area contributed by atoms with E-state index in [1.165, 1.54) is 36.2 Å². The van der Waals surface area contributed by atoms with E-state index in [0.717, 1.165) is 40.6 Å². The normalized spacial score (nSPS) is 14.9. The molecule has 5 nitrogen and oxygen atoms in total. The van der Waals surface area contributed by atoms with Crippen molar-refractivity contribution in [2.45, 2.75) is 25.8 Å². The molecule has 7 heteroatoms. The van der Waals surface area contributed by atoms with Crippen molar-refractivity contribution in [1.82, 2.24) is 9.88 Å². The van der Waals surface area contributed by atoms with Gasteiger partial charge in [-0.3, -0.25) is 9.69 Å². The van der Waals surface area contributed by atoms with Gasteiger partial charge in [-0.2, -0.15) is 0 Å². The highest BCUT2D eigenvalue weighted by molar-refractivity contribution is 7.22. The molecule has 1 aromatic heterocycles. The Labute approximate surface area is 173 Å². The third-order valence-corrected chi connectivity index (χ3v) is 6.05. The highest BCUT2D eigenvalue weighted by atomic mass is 35.5. The molecule has 1 fully saturated rings. The quantitative estimate of drug-likeness (QED) is 0.596. The van der Waals surface area contributed by atoms with Gasteiger partial charge >= 0.3 is 0 Å². The molecule has 0 spiro atoms. The van der Waals surface area contributed by atoms with Crippen LogP contribution in [0.3, 0.4) is 0 Å². The number of nitrogens with zero attached hydrogens (tertiary/aromatic N) is 2. The van der Waals surface area contributed by atoms with Crippen molar-refractivity contribution in [2.24, 2.45) is 0 Å². The molecule has 0 radical (unpaired) electrons. The third kappa shape index (κ3) is 5.01. The minimum Gasteiger partial charge on any atom is -0.381 e. The number of hydrogen-bond acceptors (Lipinski definition) is 5. The van der Waals surface area contributed by atoms with Crippen LogP contribution in [-0.4, -0.2) is 35.4 Å². The molecule has 2 N–H and O–H groups in total. The molecule has 0 unspecified atom stereocenters. The van der Waals surface area contributed by atoms with E-state index >= 15 is 0 Å². The highest BCUT2D eigenvalue weighted by Gasteiger charge is 2.15. The van der Waals surface area contributed by atoms with E-state index in [9.17, 15) is 4.79 Å². The molecule has 1 saturated heterocycles. The predicted molar refractivity (Wildman–Crippen MR) is 117 cm³/mol. The fourth-order valence-corrected chi connectivity index (χ4v) is 4.42. The molecule has 1 amide bonds. The number of thiazole rings is 1. The van der Waals surface area contributed by atoms with Gasteiger partial charge in [0, 0.05) is 17.3 Å². The number of benzene rings is 2. The van der Waals surface area contributed by atoms with Gasteiger partial charge < -0.3 is 10.6 Å². The topological polar surface area (TPSA) is 57.3 Å². The minimum atomic E-state index is 0.0158. The van der Waals surface area contributed by atoms with Crippen molar-refractivity contribution < 1.29 is 4.79 Å². The molecule has 3 aromatic rings. The first-order valence-electron chi connectivity index (χ1n) is 9.57. The van der Waals surface area contributed by atoms with Crippen LogP contribution in [0.2, 0.25) is 5.02 Å². The average Bonchev–Trinajstić information content (AvgIpc) is 3.09. The SMILES string of the molecule is O=C(CN1CCCCC1)Nc1nc2ccc(NCc3ccc(Cl)cc3)cc2s1. The predicted octanol–water partition coefficient (Wildman–Crippen LogP) is 4.99. The van der Waals surface area contributed by atoms with Crippen molar-refractivity contribution in [1.29, 1.82) is 0 Å². The second kappa shape index (κ2) is 8.90. The molecular formula is C21H23ClN4OS. The van der Waals surface area contributed by atoms with Crippen LogP contribution in [0.1, 0.15) is 24.8 Å². The van der Waals surface area contributed by atoms with Crippen LogP contribution in [-0.2, 0) is 11.3 Å². The number of rotatable bonds is 6. The lowest BCUT2D eigenvalue weighted by atomic mass is 10.1. The van der Waals surface area contributed by atoms with Crippen molar-refractivity contribution in [3.8, 4) is 0 Å². The summed E-state index contributed by atoms with van der Waals surface area (Å²) in [6.45, 7) is 3.19. The van der Waals surface area contributed by atoms with Gasteiger partial charge in [0.05, 0.1) is 16.8 Å². The summed E-state index contributed by atoms with van der Waals surface area (Å²) < 4.78 is 1.05. The lowest BCUT2D eigenvalue weighted by molar-refractivity contribution is -0.117. The summed E-state index contributed by atoms with van der Waals surface area (Å²) in [7, 11) is 0. The van der Waals surface area contributed by atoms with Gasteiger partial charge in [-0.15, -0.1) is 0 Å². The molecule has 0 aliphatic carbocycles. The number of likely N-dealkylation sites (tertiary alicyclic amines) is 1. The number of halogens is 1. The molecule has 1 aliphatic rings.